The molecule has 2 aromatic carbocycles. The molecule has 0 unspecified atom stereocenters. The van der Waals surface area contributed by atoms with Crippen molar-refractivity contribution in [2.75, 3.05) is 26.4 Å². The number of hydrogen-bond acceptors (Lipinski definition) is 7. The lowest BCUT2D eigenvalue weighted by Crippen LogP contribution is -2.46. The predicted molar refractivity (Wildman–Crippen MR) is 155 cm³/mol. The number of phenolic OH excluding ortho intramolecular Hbond substituents is 1. The molecule has 11 heteroatoms. The summed E-state index contributed by atoms with van der Waals surface area (Å²) in [6, 6.07) is 9.41. The molecule has 40 heavy (non-hydrogen) atoms. The van der Waals surface area contributed by atoms with E-state index in [0.717, 1.165) is 11.1 Å². The molecular weight excluding hydrogens is 531 g/mol. The summed E-state index contributed by atoms with van der Waals surface area (Å²) in [5.74, 6) is 0.0161. The van der Waals surface area contributed by atoms with Gasteiger partial charge in [-0.15, -0.1) is 15.0 Å². The fraction of sp³-hybridized carbons (Fsp3) is 0.552. The highest BCUT2D eigenvalue weighted by molar-refractivity contribution is 6.60. The van der Waals surface area contributed by atoms with Crippen molar-refractivity contribution in [3.8, 4) is 11.4 Å². The van der Waals surface area contributed by atoms with Gasteiger partial charge in [0, 0.05) is 44.4 Å². The van der Waals surface area contributed by atoms with Crippen LogP contribution in [0.4, 0.5) is 4.39 Å². The molecule has 0 aliphatic rings. The van der Waals surface area contributed by atoms with Crippen molar-refractivity contribution in [3.63, 3.8) is 0 Å². The normalized spacial score (nSPS) is 12.3. The van der Waals surface area contributed by atoms with E-state index in [4.69, 9.17) is 13.3 Å². The molecule has 1 heterocycles. The van der Waals surface area contributed by atoms with Crippen molar-refractivity contribution in [2.24, 2.45) is 0 Å². The molecule has 1 amide bonds. The zero-order valence-corrected chi connectivity index (χ0v) is 25.6. The van der Waals surface area contributed by atoms with Crippen molar-refractivity contribution < 1.29 is 27.6 Å². The van der Waals surface area contributed by atoms with Gasteiger partial charge in [-0.05, 0) is 68.4 Å². The number of halogens is 1. The zero-order valence-electron chi connectivity index (χ0n) is 24.6. The molecule has 0 aliphatic carbocycles. The standard InChI is InChI=1S/C29H43FN4O5Si/c1-7-37-40(38-8-2,39-9-3)16-10-15-31-27(35)14-12-21-17-23(29(4,5)6)28(36)26(19-21)34-32-24-13-11-22(20-30)18-25(24)33-34/h11,13,17-19,36H,7-10,12,14-16,20H2,1-6H3,(H,31,35). The minimum Gasteiger partial charge on any atom is -0.505 e. The van der Waals surface area contributed by atoms with Gasteiger partial charge in [0.05, 0.1) is 0 Å². The second-order valence-electron chi connectivity index (χ2n) is 10.6. The Kier molecular flexibility index (Phi) is 11.2. The number of nitrogens with zero attached hydrogens (tertiary/aromatic N) is 3. The Morgan fingerprint density at radius 1 is 1.00 bits per heavy atom. The third-order valence-electron chi connectivity index (χ3n) is 6.49. The Labute approximate surface area is 237 Å². The molecule has 1 aromatic heterocycles. The molecule has 0 fully saturated rings. The van der Waals surface area contributed by atoms with E-state index in [1.54, 1.807) is 24.3 Å². The van der Waals surface area contributed by atoms with Crippen molar-refractivity contribution in [3.05, 3.63) is 47.0 Å². The van der Waals surface area contributed by atoms with Crippen LogP contribution in [0.3, 0.4) is 0 Å². The number of benzene rings is 2. The van der Waals surface area contributed by atoms with E-state index in [9.17, 15) is 14.3 Å². The van der Waals surface area contributed by atoms with Gasteiger partial charge in [-0.1, -0.05) is 32.9 Å². The number of aromatic nitrogens is 3. The first kappa shape index (κ1) is 31.7. The Morgan fingerprint density at radius 2 is 1.65 bits per heavy atom. The summed E-state index contributed by atoms with van der Waals surface area (Å²) in [6.07, 6.45) is 1.45. The molecule has 0 saturated heterocycles. The Bertz CT molecular complexity index is 1260. The summed E-state index contributed by atoms with van der Waals surface area (Å²) in [5, 5.41) is 23.1. The van der Waals surface area contributed by atoms with Crippen LogP contribution >= 0.6 is 0 Å². The Morgan fingerprint density at radius 3 is 2.25 bits per heavy atom. The Hall–Kier alpha value is -2.86. The van der Waals surface area contributed by atoms with Crippen LogP contribution < -0.4 is 5.32 Å². The maximum Gasteiger partial charge on any atom is 0.500 e. The molecule has 0 aliphatic heterocycles. The topological polar surface area (TPSA) is 108 Å². The highest BCUT2D eigenvalue weighted by atomic mass is 28.4. The third-order valence-corrected chi connectivity index (χ3v) is 9.64. The van der Waals surface area contributed by atoms with Crippen LogP contribution in [0.2, 0.25) is 6.04 Å². The molecule has 3 aromatic rings. The summed E-state index contributed by atoms with van der Waals surface area (Å²) in [4.78, 5) is 14.1. The van der Waals surface area contributed by atoms with Crippen molar-refractivity contribution in [1.29, 1.82) is 0 Å². The van der Waals surface area contributed by atoms with Crippen LogP contribution in [0.1, 0.15) is 71.1 Å². The van der Waals surface area contributed by atoms with E-state index in [1.165, 1.54) is 4.80 Å². The van der Waals surface area contributed by atoms with Crippen LogP contribution in [0, 0.1) is 0 Å². The maximum atomic E-state index is 13.1. The first-order valence-electron chi connectivity index (χ1n) is 14.0. The molecule has 0 spiro atoms. The number of fused-ring (bicyclic) bond motifs is 1. The summed E-state index contributed by atoms with van der Waals surface area (Å²) >= 11 is 0. The lowest BCUT2D eigenvalue weighted by Gasteiger charge is -2.28. The van der Waals surface area contributed by atoms with Gasteiger partial charge in [-0.3, -0.25) is 4.79 Å². The number of alkyl halides is 1. The largest absolute Gasteiger partial charge is 0.505 e. The SMILES string of the molecule is CCO[Si](CCCNC(=O)CCc1cc(-n2nc3ccc(CF)cc3n2)c(O)c(C(C)(C)C)c1)(OCC)OCC. The van der Waals surface area contributed by atoms with E-state index in [0.29, 0.717) is 67.5 Å². The van der Waals surface area contributed by atoms with Crippen LogP contribution in [-0.4, -0.2) is 61.2 Å². The van der Waals surface area contributed by atoms with Gasteiger partial charge >= 0.3 is 8.80 Å². The van der Waals surface area contributed by atoms with Crippen LogP contribution in [0.25, 0.3) is 16.7 Å². The van der Waals surface area contributed by atoms with Crippen LogP contribution in [-0.2, 0) is 36.6 Å². The quantitative estimate of drug-likeness (QED) is 0.185. The number of hydrogen-bond donors (Lipinski definition) is 2. The van der Waals surface area contributed by atoms with Crippen molar-refractivity contribution in [1.82, 2.24) is 20.3 Å². The lowest BCUT2D eigenvalue weighted by atomic mass is 9.84. The average molecular weight is 575 g/mol. The highest BCUT2D eigenvalue weighted by Gasteiger charge is 2.39. The van der Waals surface area contributed by atoms with Gasteiger partial charge in [0.25, 0.3) is 0 Å². The van der Waals surface area contributed by atoms with Gasteiger partial charge in [-0.25, -0.2) is 4.39 Å². The molecule has 2 N–H and O–H groups in total. The summed E-state index contributed by atoms with van der Waals surface area (Å²) in [7, 11) is -2.73. The summed E-state index contributed by atoms with van der Waals surface area (Å²) in [6.45, 7) is 13.3. The van der Waals surface area contributed by atoms with E-state index in [2.05, 4.69) is 15.5 Å². The molecule has 0 atom stereocenters. The van der Waals surface area contributed by atoms with Gasteiger partial charge in [0.15, 0.2) is 0 Å². The fourth-order valence-electron chi connectivity index (χ4n) is 4.58. The molecule has 0 bridgehead atoms. The lowest BCUT2D eigenvalue weighted by molar-refractivity contribution is -0.121. The molecule has 9 nitrogen and oxygen atoms in total. The predicted octanol–water partition coefficient (Wildman–Crippen LogP) is 5.38. The second-order valence-corrected chi connectivity index (χ2v) is 13.4. The van der Waals surface area contributed by atoms with Crippen LogP contribution in [0.15, 0.2) is 30.3 Å². The van der Waals surface area contributed by atoms with E-state index in [-0.39, 0.29) is 23.5 Å². The first-order valence-corrected chi connectivity index (χ1v) is 16.0. The van der Waals surface area contributed by atoms with Gasteiger partial charge < -0.3 is 23.7 Å². The molecule has 0 radical (unpaired) electrons. The number of amides is 1. The number of carbonyl (C=O) groups is 1. The van der Waals surface area contributed by atoms with E-state index >= 15 is 0 Å². The fourth-order valence-corrected chi connectivity index (χ4v) is 7.19. The number of nitrogens with one attached hydrogen (secondary N) is 1. The van der Waals surface area contributed by atoms with E-state index < -0.39 is 15.5 Å². The first-order chi connectivity index (χ1) is 19.1. The maximum absolute atomic E-state index is 13.1. The number of phenols is 1. The van der Waals surface area contributed by atoms with Gasteiger partial charge in [0.1, 0.15) is 29.1 Å². The zero-order chi connectivity index (χ0) is 29.3. The number of carbonyl (C=O) groups excluding carboxylic acids is 1. The van der Waals surface area contributed by atoms with E-state index in [1.807, 2.05) is 47.6 Å². The molecule has 0 saturated carbocycles. The average Bonchev–Trinajstić information content (AvgIpc) is 3.33. The van der Waals surface area contributed by atoms with Gasteiger partial charge in [-0.2, -0.15) is 0 Å². The smallest absolute Gasteiger partial charge is 0.500 e. The Balaban J connectivity index is 1.71. The molecule has 220 valence electrons. The minimum absolute atomic E-state index is 0.0647. The summed E-state index contributed by atoms with van der Waals surface area (Å²) < 4.78 is 30.8. The van der Waals surface area contributed by atoms with Crippen molar-refractivity contribution in [2.45, 2.75) is 78.9 Å². The van der Waals surface area contributed by atoms with Gasteiger partial charge in [0.2, 0.25) is 5.91 Å². The summed E-state index contributed by atoms with van der Waals surface area (Å²) in [5.41, 5.74) is 3.34. The number of rotatable bonds is 15. The number of aryl methyl sites for hydroxylation is 1. The molecular formula is C29H43FN4O5Si. The third kappa shape index (κ3) is 8.09. The van der Waals surface area contributed by atoms with Crippen LogP contribution in [0.5, 0.6) is 5.75 Å². The van der Waals surface area contributed by atoms with Crippen molar-refractivity contribution >= 4 is 25.7 Å². The molecule has 3 rings (SSSR count). The number of aromatic hydroxyl groups is 1. The minimum atomic E-state index is -2.73. The monoisotopic (exact) mass is 574 g/mol. The second kappa shape index (κ2) is 14.2. The highest BCUT2D eigenvalue weighted by Crippen LogP contribution is 2.36.